The van der Waals surface area contributed by atoms with Gasteiger partial charge < -0.3 is 4.74 Å². The monoisotopic (exact) mass is 352 g/mol. The fourth-order valence-electron chi connectivity index (χ4n) is 3.79. The van der Waals surface area contributed by atoms with Crippen LogP contribution in [0.25, 0.3) is 4.85 Å². The number of rotatable bonds is 6. The molecule has 0 N–H and O–H groups in total. The summed E-state index contributed by atoms with van der Waals surface area (Å²) in [5, 5.41) is 9.00. The molecule has 0 radical (unpaired) electrons. The Bertz CT molecular complexity index is 738. The summed E-state index contributed by atoms with van der Waals surface area (Å²) in [5.41, 5.74) is -0.00988. The van der Waals surface area contributed by atoms with Crippen LogP contribution in [0, 0.1) is 22.8 Å². The van der Waals surface area contributed by atoms with Crippen LogP contribution in [0.15, 0.2) is 24.3 Å². The van der Waals surface area contributed by atoms with E-state index in [9.17, 15) is 4.79 Å². The summed E-state index contributed by atoms with van der Waals surface area (Å²) in [4.78, 5) is 19.9. The largest absolute Gasteiger partial charge is 0.492 e. The van der Waals surface area contributed by atoms with E-state index >= 15 is 0 Å². The molecule has 0 amide bonds. The van der Waals surface area contributed by atoms with Crippen molar-refractivity contribution in [3.8, 4) is 17.9 Å². The van der Waals surface area contributed by atoms with Gasteiger partial charge in [0, 0.05) is 6.42 Å². The van der Waals surface area contributed by atoms with Gasteiger partial charge in [-0.15, -0.1) is 0 Å². The maximum Gasteiger partial charge on any atom is 0.276 e. The number of ether oxygens (including phenoxy) is 1. The molecule has 1 fully saturated rings. The molecule has 0 bridgehead atoms. The zero-order valence-electron chi connectivity index (χ0n) is 15.2. The molecule has 136 valence electrons. The number of fused-ring (bicyclic) bond motifs is 1. The van der Waals surface area contributed by atoms with Gasteiger partial charge in [0.2, 0.25) is 0 Å². The summed E-state index contributed by atoms with van der Waals surface area (Å²) in [7, 11) is 0. The molecule has 5 heteroatoms. The van der Waals surface area contributed by atoms with Crippen LogP contribution in [0.1, 0.15) is 48.9 Å². The van der Waals surface area contributed by atoms with Crippen LogP contribution in [0.2, 0.25) is 0 Å². The smallest absolute Gasteiger partial charge is 0.276 e. The number of hydrogen-bond acceptors (Lipinski definition) is 4. The Morgan fingerprint density at radius 1 is 1.19 bits per heavy atom. The fraction of sp³-hybridized carbons (Fsp3) is 0.571. The van der Waals surface area contributed by atoms with Crippen molar-refractivity contribution < 1.29 is 9.53 Å². The quantitative estimate of drug-likeness (QED) is 0.782. The second kappa shape index (κ2) is 8.83. The lowest BCUT2D eigenvalue weighted by Gasteiger charge is -2.35. The van der Waals surface area contributed by atoms with Crippen LogP contribution in [0.5, 0.6) is 5.75 Å². The van der Waals surface area contributed by atoms with Crippen molar-refractivity contribution in [2.45, 2.75) is 38.5 Å². The molecule has 0 aromatic heterocycles. The molecule has 1 atom stereocenters. The van der Waals surface area contributed by atoms with E-state index < -0.39 is 5.41 Å². The Hall–Kier alpha value is -2.37. The number of likely N-dealkylation sites (tertiary alicyclic amines) is 1. The van der Waals surface area contributed by atoms with Gasteiger partial charge >= 0.3 is 0 Å². The minimum absolute atomic E-state index is 0.0912. The number of benzene rings is 1. The molecule has 1 aromatic carbocycles. The number of hydrogen-bond donors (Lipinski definition) is 0. The zero-order chi connectivity index (χ0) is 18.2. The van der Waals surface area contributed by atoms with Gasteiger partial charge in [-0.05, 0) is 50.9 Å². The lowest BCUT2D eigenvalue weighted by atomic mass is 9.72. The van der Waals surface area contributed by atoms with Crippen LogP contribution >= 0.6 is 0 Å². The molecule has 26 heavy (non-hydrogen) atoms. The van der Waals surface area contributed by atoms with Gasteiger partial charge in [-0.1, -0.05) is 17.0 Å². The number of ketones is 1. The van der Waals surface area contributed by atoms with Gasteiger partial charge in [-0.2, -0.15) is 5.26 Å². The second-order valence-electron chi connectivity index (χ2n) is 7.14. The summed E-state index contributed by atoms with van der Waals surface area (Å²) in [6.07, 6.45) is 4.68. The molecule has 0 aliphatic carbocycles. The standard InChI is InChI=1S/C21H26N3O2/c22-11-5-9-21(10-6-12-23-13-16-24-14-3-4-15-24)17-26-19-8-2-1-7-18(19)20(21)25/h1-2,7-8H,3-6,9-10,13-17H2/q+1. The Balaban J connectivity index is 1.60. The van der Waals surface area contributed by atoms with E-state index in [4.69, 9.17) is 10.00 Å². The lowest BCUT2D eigenvalue weighted by Crippen LogP contribution is -2.41. The van der Waals surface area contributed by atoms with Crippen molar-refractivity contribution in [3.05, 3.63) is 34.7 Å². The van der Waals surface area contributed by atoms with Crippen LogP contribution in [0.3, 0.4) is 0 Å². The normalized spacial score (nSPS) is 22.0. The Morgan fingerprint density at radius 2 is 1.96 bits per heavy atom. The first kappa shape index (κ1) is 18.4. The van der Waals surface area contributed by atoms with Crippen LogP contribution < -0.4 is 4.74 Å². The van der Waals surface area contributed by atoms with Crippen LogP contribution in [-0.4, -0.2) is 43.5 Å². The number of nitriles is 1. The number of Topliss-reactive ketones (excluding diaryl/α,β-unsaturated/α-hetero) is 1. The van der Waals surface area contributed by atoms with Crippen LogP contribution in [-0.2, 0) is 0 Å². The van der Waals surface area contributed by atoms with Gasteiger partial charge in [0.15, 0.2) is 5.78 Å². The number of para-hydroxylation sites is 1. The number of carbonyl (C=O) groups is 1. The van der Waals surface area contributed by atoms with Crippen molar-refractivity contribution in [2.75, 3.05) is 32.8 Å². The molecular formula is C21H26N3O2+. The summed E-state index contributed by atoms with van der Waals surface area (Å²) < 4.78 is 5.86. The van der Waals surface area contributed by atoms with Crippen molar-refractivity contribution >= 4 is 5.78 Å². The summed E-state index contributed by atoms with van der Waals surface area (Å²) >= 11 is 0. The summed E-state index contributed by atoms with van der Waals surface area (Å²) in [5.74, 6) is 0.738. The van der Waals surface area contributed by atoms with Crippen molar-refractivity contribution in [3.63, 3.8) is 0 Å². The Kier molecular flexibility index (Phi) is 6.26. The highest BCUT2D eigenvalue weighted by molar-refractivity contribution is 6.03. The highest BCUT2D eigenvalue weighted by atomic mass is 16.5. The molecule has 0 saturated carbocycles. The maximum atomic E-state index is 13.1. The van der Waals surface area contributed by atoms with E-state index in [1.54, 1.807) is 0 Å². The average Bonchev–Trinajstić information content (AvgIpc) is 3.19. The molecule has 2 heterocycles. The van der Waals surface area contributed by atoms with Gasteiger partial charge in [0.25, 0.3) is 12.6 Å². The van der Waals surface area contributed by atoms with Crippen molar-refractivity contribution in [1.29, 1.82) is 5.26 Å². The average molecular weight is 352 g/mol. The fourth-order valence-corrected chi connectivity index (χ4v) is 3.79. The second-order valence-corrected chi connectivity index (χ2v) is 7.14. The minimum atomic E-state index is -0.637. The molecule has 0 spiro atoms. The van der Waals surface area contributed by atoms with E-state index in [0.717, 1.165) is 13.1 Å². The maximum absolute atomic E-state index is 13.1. The molecule has 2 aliphatic rings. The number of nitrogens with zero attached hydrogens (tertiary/aromatic N) is 3. The minimum Gasteiger partial charge on any atom is -0.492 e. The van der Waals surface area contributed by atoms with E-state index in [1.165, 1.54) is 25.9 Å². The molecule has 5 nitrogen and oxygen atoms in total. The number of carbonyl (C=O) groups excluding carboxylic acids is 1. The summed E-state index contributed by atoms with van der Waals surface area (Å²) in [6, 6.07) is 12.6. The van der Waals surface area contributed by atoms with Crippen molar-refractivity contribution in [1.82, 2.24) is 4.90 Å². The molecule has 1 aromatic rings. The van der Waals surface area contributed by atoms with Crippen LogP contribution in [0.4, 0.5) is 0 Å². The Labute approximate surface area is 155 Å². The Morgan fingerprint density at radius 3 is 2.77 bits per heavy atom. The third kappa shape index (κ3) is 4.23. The van der Waals surface area contributed by atoms with E-state index in [1.807, 2.05) is 24.3 Å². The first-order valence-electron chi connectivity index (χ1n) is 9.50. The first-order valence-corrected chi connectivity index (χ1v) is 9.50. The molecule has 3 rings (SSSR count). The SMILES string of the molecule is N#CCCC1(CCC#[N+]CCN2CCCC2)COc2ccccc2C1=O. The third-order valence-corrected chi connectivity index (χ3v) is 5.39. The lowest BCUT2D eigenvalue weighted by molar-refractivity contribution is 0.0560. The van der Waals surface area contributed by atoms with Gasteiger partial charge in [-0.3, -0.25) is 9.69 Å². The van der Waals surface area contributed by atoms with Crippen molar-refractivity contribution in [2.24, 2.45) is 5.41 Å². The predicted molar refractivity (Wildman–Crippen MR) is 101 cm³/mol. The molecular weight excluding hydrogens is 326 g/mol. The third-order valence-electron chi connectivity index (χ3n) is 5.39. The predicted octanol–water partition coefficient (Wildman–Crippen LogP) is 3.76. The first-order chi connectivity index (χ1) is 12.7. The topological polar surface area (TPSA) is 57.7 Å². The van der Waals surface area contributed by atoms with E-state index in [0.29, 0.717) is 43.6 Å². The highest BCUT2D eigenvalue weighted by Crippen LogP contribution is 2.40. The summed E-state index contributed by atoms with van der Waals surface area (Å²) in [6.45, 7) is 4.44. The molecule has 1 saturated heterocycles. The molecule has 1 unspecified atom stereocenters. The van der Waals surface area contributed by atoms with Gasteiger partial charge in [0.05, 0.1) is 30.0 Å². The van der Waals surface area contributed by atoms with E-state index in [2.05, 4.69) is 21.9 Å². The zero-order valence-corrected chi connectivity index (χ0v) is 15.2. The van der Waals surface area contributed by atoms with Gasteiger partial charge in [0.1, 0.15) is 12.4 Å². The van der Waals surface area contributed by atoms with Gasteiger partial charge in [-0.25, -0.2) is 0 Å². The van der Waals surface area contributed by atoms with E-state index in [-0.39, 0.29) is 5.78 Å². The highest BCUT2D eigenvalue weighted by Gasteiger charge is 2.43. The molecule has 2 aliphatic heterocycles.